The van der Waals surface area contributed by atoms with Crippen molar-refractivity contribution in [1.82, 2.24) is 4.98 Å². The van der Waals surface area contributed by atoms with Crippen LogP contribution < -0.4 is 0 Å². The molecular weight excluding hydrogens is 350 g/mol. The molecule has 0 atom stereocenters. The van der Waals surface area contributed by atoms with E-state index in [1.165, 1.54) is 4.88 Å². The van der Waals surface area contributed by atoms with Crippen molar-refractivity contribution in [3.8, 4) is 11.3 Å². The Morgan fingerprint density at radius 2 is 1.90 bits per heavy atom. The van der Waals surface area contributed by atoms with E-state index in [4.69, 9.17) is 14.5 Å². The number of methoxy groups -OCH3 is 1. The van der Waals surface area contributed by atoms with Gasteiger partial charge in [0.1, 0.15) is 10.6 Å². The molecule has 3 nitrogen and oxygen atoms in total. The molecule has 0 unspecified atom stereocenters. The van der Waals surface area contributed by atoms with Crippen LogP contribution in [0.1, 0.15) is 22.7 Å². The second-order valence-electron chi connectivity index (χ2n) is 5.24. The number of aromatic nitrogens is 1. The van der Waals surface area contributed by atoms with Gasteiger partial charge >= 0.3 is 0 Å². The second kappa shape index (κ2) is 6.16. The van der Waals surface area contributed by atoms with Gasteiger partial charge in [-0.2, -0.15) is 0 Å². The van der Waals surface area contributed by atoms with Gasteiger partial charge in [-0.1, -0.05) is 28.1 Å². The molecule has 0 saturated carbocycles. The van der Waals surface area contributed by atoms with E-state index in [0.29, 0.717) is 0 Å². The molecule has 0 bridgehead atoms. The molecule has 0 N–H and O–H groups in total. The molecule has 0 spiro atoms. The number of halogens is 1. The number of nitrogens with zero attached hydrogens (tertiary/aromatic N) is 1. The maximum absolute atomic E-state index is 5.85. The zero-order valence-electron chi connectivity index (χ0n) is 12.2. The maximum atomic E-state index is 5.85. The molecule has 1 aliphatic rings. The van der Waals surface area contributed by atoms with Gasteiger partial charge in [0.15, 0.2) is 0 Å². The van der Waals surface area contributed by atoms with E-state index in [-0.39, 0.29) is 5.60 Å². The quantitative estimate of drug-likeness (QED) is 0.798. The highest BCUT2D eigenvalue weighted by Crippen LogP contribution is 2.40. The largest absolute Gasteiger partial charge is 0.381 e. The summed E-state index contributed by atoms with van der Waals surface area (Å²) >= 11 is 5.21. The van der Waals surface area contributed by atoms with Gasteiger partial charge < -0.3 is 9.47 Å². The van der Waals surface area contributed by atoms with Crippen molar-refractivity contribution in [2.24, 2.45) is 0 Å². The summed E-state index contributed by atoms with van der Waals surface area (Å²) in [6.45, 7) is 3.60. The Morgan fingerprint density at radius 3 is 2.52 bits per heavy atom. The monoisotopic (exact) mass is 367 g/mol. The topological polar surface area (TPSA) is 31.4 Å². The van der Waals surface area contributed by atoms with Crippen LogP contribution in [0.25, 0.3) is 11.3 Å². The van der Waals surface area contributed by atoms with Crippen molar-refractivity contribution in [3.05, 3.63) is 38.6 Å². The Kier molecular flexibility index (Phi) is 4.45. The first-order chi connectivity index (χ1) is 10.1. The molecule has 2 aromatic rings. The zero-order valence-corrected chi connectivity index (χ0v) is 14.6. The van der Waals surface area contributed by atoms with Crippen LogP contribution in [0.15, 0.2) is 28.7 Å². The van der Waals surface area contributed by atoms with Crippen LogP contribution in [-0.2, 0) is 15.1 Å². The summed E-state index contributed by atoms with van der Waals surface area (Å²) in [7, 11) is 1.78. The SMILES string of the molecule is COC1(c2nc(-c3ccc(Br)cc3)c(C)s2)CCOCC1. The van der Waals surface area contributed by atoms with Crippen molar-refractivity contribution in [3.63, 3.8) is 0 Å². The molecule has 21 heavy (non-hydrogen) atoms. The van der Waals surface area contributed by atoms with Gasteiger partial charge in [-0.25, -0.2) is 4.98 Å². The van der Waals surface area contributed by atoms with Crippen LogP contribution in [0.4, 0.5) is 0 Å². The second-order valence-corrected chi connectivity index (χ2v) is 7.36. The first-order valence-electron chi connectivity index (χ1n) is 7.01. The first-order valence-corrected chi connectivity index (χ1v) is 8.62. The summed E-state index contributed by atoms with van der Waals surface area (Å²) in [4.78, 5) is 6.13. The Bertz CT molecular complexity index is 618. The summed E-state index contributed by atoms with van der Waals surface area (Å²) in [6, 6.07) is 8.29. The number of hydrogen-bond acceptors (Lipinski definition) is 4. The van der Waals surface area contributed by atoms with Crippen molar-refractivity contribution in [2.75, 3.05) is 20.3 Å². The van der Waals surface area contributed by atoms with E-state index in [1.807, 2.05) is 12.1 Å². The minimum Gasteiger partial charge on any atom is -0.381 e. The minimum atomic E-state index is -0.276. The third kappa shape index (κ3) is 2.93. The Labute approximate surface area is 137 Å². The summed E-state index contributed by atoms with van der Waals surface area (Å²) in [5, 5.41) is 1.07. The van der Waals surface area contributed by atoms with E-state index in [2.05, 4.69) is 35.0 Å². The third-order valence-corrected chi connectivity index (χ3v) is 5.68. The molecule has 2 heterocycles. The lowest BCUT2D eigenvalue weighted by molar-refractivity contribution is -0.0947. The molecule has 1 fully saturated rings. The molecule has 1 aromatic heterocycles. The average Bonchev–Trinajstić information content (AvgIpc) is 2.91. The van der Waals surface area contributed by atoms with Gasteiger partial charge in [-0.15, -0.1) is 11.3 Å². The highest BCUT2D eigenvalue weighted by molar-refractivity contribution is 9.10. The summed E-state index contributed by atoms with van der Waals surface area (Å²) < 4.78 is 12.4. The number of benzene rings is 1. The van der Waals surface area contributed by atoms with Gasteiger partial charge in [0.05, 0.1) is 5.69 Å². The molecule has 0 amide bonds. The highest BCUT2D eigenvalue weighted by atomic mass is 79.9. The number of aryl methyl sites for hydroxylation is 1. The van der Waals surface area contributed by atoms with Gasteiger partial charge in [0, 0.05) is 48.1 Å². The van der Waals surface area contributed by atoms with Crippen LogP contribution in [0.2, 0.25) is 0 Å². The van der Waals surface area contributed by atoms with E-state index in [1.54, 1.807) is 18.4 Å². The van der Waals surface area contributed by atoms with E-state index in [9.17, 15) is 0 Å². The van der Waals surface area contributed by atoms with Gasteiger partial charge in [-0.05, 0) is 19.1 Å². The predicted octanol–water partition coefficient (Wildman–Crippen LogP) is 4.53. The van der Waals surface area contributed by atoms with Crippen LogP contribution in [0.3, 0.4) is 0 Å². The molecular formula is C16H18BrNO2S. The fourth-order valence-corrected chi connectivity index (χ4v) is 4.10. The number of ether oxygens (including phenoxy) is 2. The molecule has 3 rings (SSSR count). The van der Waals surface area contributed by atoms with Gasteiger partial charge in [0.2, 0.25) is 0 Å². The fourth-order valence-electron chi connectivity index (χ4n) is 2.67. The predicted molar refractivity (Wildman–Crippen MR) is 88.7 cm³/mol. The van der Waals surface area contributed by atoms with Gasteiger partial charge in [-0.3, -0.25) is 0 Å². The van der Waals surface area contributed by atoms with E-state index >= 15 is 0 Å². The molecule has 0 aliphatic carbocycles. The van der Waals surface area contributed by atoms with Crippen LogP contribution in [0, 0.1) is 6.92 Å². The van der Waals surface area contributed by atoms with Crippen LogP contribution >= 0.6 is 27.3 Å². The number of rotatable bonds is 3. The van der Waals surface area contributed by atoms with Crippen molar-refractivity contribution in [2.45, 2.75) is 25.4 Å². The maximum Gasteiger partial charge on any atom is 0.126 e. The average molecular weight is 368 g/mol. The molecule has 1 aromatic carbocycles. The van der Waals surface area contributed by atoms with Crippen molar-refractivity contribution in [1.29, 1.82) is 0 Å². The van der Waals surface area contributed by atoms with Crippen molar-refractivity contribution < 1.29 is 9.47 Å². The standard InChI is InChI=1S/C16H18BrNO2S/c1-11-14(12-3-5-13(17)6-4-12)18-15(21-11)16(19-2)7-9-20-10-8-16/h3-6H,7-10H2,1-2H3. The Morgan fingerprint density at radius 1 is 1.24 bits per heavy atom. The molecule has 1 aliphatic heterocycles. The van der Waals surface area contributed by atoms with E-state index in [0.717, 1.165) is 46.8 Å². The fraction of sp³-hybridized carbons (Fsp3) is 0.438. The van der Waals surface area contributed by atoms with Gasteiger partial charge in [0.25, 0.3) is 0 Å². The molecule has 0 radical (unpaired) electrons. The van der Waals surface area contributed by atoms with E-state index < -0.39 is 0 Å². The lowest BCUT2D eigenvalue weighted by Crippen LogP contribution is -2.35. The van der Waals surface area contributed by atoms with Crippen molar-refractivity contribution >= 4 is 27.3 Å². The molecule has 112 valence electrons. The smallest absolute Gasteiger partial charge is 0.126 e. The summed E-state index contributed by atoms with van der Waals surface area (Å²) in [5.41, 5.74) is 1.93. The number of thiazole rings is 1. The third-order valence-electron chi connectivity index (χ3n) is 4.00. The Hall–Kier alpha value is -0.750. The molecule has 1 saturated heterocycles. The zero-order chi connectivity index (χ0) is 14.9. The lowest BCUT2D eigenvalue weighted by atomic mass is 9.95. The first kappa shape index (κ1) is 15.2. The number of hydrogen-bond donors (Lipinski definition) is 0. The Balaban J connectivity index is 1.98. The summed E-state index contributed by atoms with van der Waals surface area (Å²) in [6.07, 6.45) is 1.74. The summed E-state index contributed by atoms with van der Waals surface area (Å²) in [5.74, 6) is 0. The molecule has 5 heteroatoms. The lowest BCUT2D eigenvalue weighted by Gasteiger charge is -2.33. The highest BCUT2D eigenvalue weighted by Gasteiger charge is 2.38. The normalized spacial score (nSPS) is 17.9. The van der Waals surface area contributed by atoms with Crippen LogP contribution in [0.5, 0.6) is 0 Å². The minimum absolute atomic E-state index is 0.276. The van der Waals surface area contributed by atoms with Crippen LogP contribution in [-0.4, -0.2) is 25.3 Å².